The van der Waals surface area contributed by atoms with Crippen molar-refractivity contribution >= 4 is 34.5 Å². The molecule has 0 aliphatic heterocycles. The van der Waals surface area contributed by atoms with Crippen LogP contribution in [-0.4, -0.2) is 16.7 Å². The van der Waals surface area contributed by atoms with E-state index in [9.17, 15) is 14.7 Å². The van der Waals surface area contributed by atoms with Gasteiger partial charge in [0, 0.05) is 11.3 Å². The highest BCUT2D eigenvalue weighted by atomic mass is 35.5. The van der Waals surface area contributed by atoms with E-state index in [1.165, 1.54) is 6.07 Å². The van der Waals surface area contributed by atoms with Crippen molar-refractivity contribution in [2.24, 2.45) is 0 Å². The van der Waals surface area contributed by atoms with Crippen molar-refractivity contribution in [3.63, 3.8) is 0 Å². The third-order valence-corrected chi connectivity index (χ3v) is 4.49. The molecule has 2 N–H and O–H groups in total. The molecule has 4 rings (SSSR count). The first-order valence-electron chi connectivity index (χ1n) is 7.64. The molecule has 0 saturated heterocycles. The minimum atomic E-state index is -0.415. The number of ketones is 2. The normalized spacial score (nSPS) is 12.5. The maximum absolute atomic E-state index is 13.0. The summed E-state index contributed by atoms with van der Waals surface area (Å²) in [6, 6.07) is 17.0. The zero-order chi connectivity index (χ0) is 17.6. The third kappa shape index (κ3) is 2.39. The molecule has 0 radical (unpaired) electrons. The Morgan fingerprint density at radius 2 is 1.52 bits per heavy atom. The highest BCUT2D eigenvalue weighted by molar-refractivity contribution is 6.40. The summed E-state index contributed by atoms with van der Waals surface area (Å²) in [7, 11) is 0. The van der Waals surface area contributed by atoms with E-state index < -0.39 is 5.78 Å². The van der Waals surface area contributed by atoms with Gasteiger partial charge in [-0.1, -0.05) is 41.9 Å². The Morgan fingerprint density at radius 3 is 2.28 bits per heavy atom. The molecule has 4 nitrogen and oxygen atoms in total. The van der Waals surface area contributed by atoms with Crippen LogP contribution in [0.4, 0.5) is 11.4 Å². The van der Waals surface area contributed by atoms with Crippen molar-refractivity contribution in [3.8, 4) is 5.75 Å². The first kappa shape index (κ1) is 15.4. The summed E-state index contributed by atoms with van der Waals surface area (Å²) in [5, 5.41) is 13.5. The van der Waals surface area contributed by atoms with Gasteiger partial charge in [-0.05, 0) is 30.3 Å². The number of phenolic OH excluding ortho intramolecular Hbond substituents is 1. The van der Waals surface area contributed by atoms with Crippen LogP contribution in [0.25, 0.3) is 0 Å². The van der Waals surface area contributed by atoms with Crippen LogP contribution in [0.15, 0.2) is 60.7 Å². The first-order valence-corrected chi connectivity index (χ1v) is 8.01. The van der Waals surface area contributed by atoms with E-state index in [0.29, 0.717) is 5.69 Å². The Kier molecular flexibility index (Phi) is 3.55. The number of hydrogen-bond donors (Lipinski definition) is 2. The lowest BCUT2D eigenvalue weighted by atomic mass is 9.82. The fourth-order valence-corrected chi connectivity index (χ4v) is 3.30. The Labute approximate surface area is 148 Å². The van der Waals surface area contributed by atoms with Crippen molar-refractivity contribution in [3.05, 3.63) is 87.9 Å². The standard InChI is InChI=1S/C20H12ClNO3/c21-13-8-4-7-12-16(13)20(25)17-14(22-11-5-2-1-3-6-11)9-10-15(23)18(17)19(12)24/h1-10,22-23H. The number of phenols is 1. The van der Waals surface area contributed by atoms with Crippen molar-refractivity contribution < 1.29 is 14.7 Å². The van der Waals surface area contributed by atoms with Gasteiger partial charge in [0.2, 0.25) is 0 Å². The molecule has 0 heterocycles. The molecular formula is C20H12ClNO3. The summed E-state index contributed by atoms with van der Waals surface area (Å²) in [5.41, 5.74) is 1.72. The Balaban J connectivity index is 1.94. The first-order chi connectivity index (χ1) is 12.1. The molecule has 0 aromatic heterocycles. The number of fused-ring (bicyclic) bond motifs is 2. The van der Waals surface area contributed by atoms with Gasteiger partial charge in [0.05, 0.1) is 27.4 Å². The van der Waals surface area contributed by atoms with E-state index in [0.717, 1.165) is 5.69 Å². The summed E-state index contributed by atoms with van der Waals surface area (Å²) in [4.78, 5) is 25.9. The van der Waals surface area contributed by atoms with Crippen LogP contribution in [0.5, 0.6) is 5.75 Å². The van der Waals surface area contributed by atoms with E-state index in [2.05, 4.69) is 5.32 Å². The highest BCUT2D eigenvalue weighted by Gasteiger charge is 2.35. The molecule has 1 aliphatic rings. The lowest BCUT2D eigenvalue weighted by molar-refractivity contribution is 0.0977. The summed E-state index contributed by atoms with van der Waals surface area (Å²) >= 11 is 6.17. The lowest BCUT2D eigenvalue weighted by Gasteiger charge is -2.22. The molecule has 0 saturated carbocycles. The fraction of sp³-hybridized carbons (Fsp3) is 0. The van der Waals surface area contributed by atoms with Crippen LogP contribution in [0.3, 0.4) is 0 Å². The maximum Gasteiger partial charge on any atom is 0.198 e. The molecule has 3 aromatic carbocycles. The van der Waals surface area contributed by atoms with E-state index in [4.69, 9.17) is 11.6 Å². The van der Waals surface area contributed by atoms with Crippen LogP contribution in [0.2, 0.25) is 5.02 Å². The monoisotopic (exact) mass is 349 g/mol. The second-order valence-corrected chi connectivity index (χ2v) is 6.10. The summed E-state index contributed by atoms with van der Waals surface area (Å²) in [5.74, 6) is -1.02. The number of para-hydroxylation sites is 1. The van der Waals surface area contributed by atoms with Gasteiger partial charge in [-0.15, -0.1) is 0 Å². The minimum absolute atomic E-state index is 0.000646. The molecule has 0 fully saturated rings. The highest BCUT2D eigenvalue weighted by Crippen LogP contribution is 2.39. The zero-order valence-electron chi connectivity index (χ0n) is 12.9. The summed E-state index contributed by atoms with van der Waals surface area (Å²) in [6.45, 7) is 0. The molecule has 0 spiro atoms. The van der Waals surface area contributed by atoms with Gasteiger partial charge in [0.1, 0.15) is 5.75 Å². The number of carbonyl (C=O) groups is 2. The van der Waals surface area contributed by atoms with Gasteiger partial charge in [-0.2, -0.15) is 0 Å². The van der Waals surface area contributed by atoms with Gasteiger partial charge in [-0.3, -0.25) is 9.59 Å². The zero-order valence-corrected chi connectivity index (χ0v) is 13.7. The number of hydrogen-bond acceptors (Lipinski definition) is 4. The Bertz CT molecular complexity index is 1030. The Morgan fingerprint density at radius 1 is 0.760 bits per heavy atom. The molecule has 122 valence electrons. The topological polar surface area (TPSA) is 66.4 Å². The summed E-state index contributed by atoms with van der Waals surface area (Å²) in [6.07, 6.45) is 0. The number of aromatic hydroxyl groups is 1. The number of halogens is 1. The lowest BCUT2D eigenvalue weighted by Crippen LogP contribution is -2.22. The van der Waals surface area contributed by atoms with E-state index in [1.54, 1.807) is 24.3 Å². The van der Waals surface area contributed by atoms with E-state index >= 15 is 0 Å². The molecule has 25 heavy (non-hydrogen) atoms. The van der Waals surface area contributed by atoms with E-state index in [1.807, 2.05) is 30.3 Å². The molecule has 1 aliphatic carbocycles. The number of anilines is 2. The average molecular weight is 350 g/mol. The second kappa shape index (κ2) is 5.76. The fourth-order valence-electron chi connectivity index (χ4n) is 3.04. The predicted octanol–water partition coefficient (Wildman–Crippen LogP) is 4.56. The number of carbonyl (C=O) groups excluding carboxylic acids is 2. The predicted molar refractivity (Wildman–Crippen MR) is 96.1 cm³/mol. The van der Waals surface area contributed by atoms with Gasteiger partial charge >= 0.3 is 0 Å². The quantitative estimate of drug-likeness (QED) is 0.520. The largest absolute Gasteiger partial charge is 0.507 e. The van der Waals surface area contributed by atoms with Crippen molar-refractivity contribution in [2.45, 2.75) is 0 Å². The molecule has 0 atom stereocenters. The van der Waals surface area contributed by atoms with Crippen LogP contribution in [-0.2, 0) is 0 Å². The smallest absolute Gasteiger partial charge is 0.198 e. The number of rotatable bonds is 2. The van der Waals surface area contributed by atoms with E-state index in [-0.39, 0.29) is 38.8 Å². The van der Waals surface area contributed by atoms with Crippen molar-refractivity contribution in [2.75, 3.05) is 5.32 Å². The van der Waals surface area contributed by atoms with Crippen LogP contribution in [0, 0.1) is 0 Å². The molecule has 0 unspecified atom stereocenters. The van der Waals surface area contributed by atoms with Gasteiger partial charge in [-0.25, -0.2) is 0 Å². The molecule has 3 aromatic rings. The van der Waals surface area contributed by atoms with Gasteiger partial charge in [0.15, 0.2) is 11.6 Å². The van der Waals surface area contributed by atoms with Crippen LogP contribution in [0.1, 0.15) is 31.8 Å². The second-order valence-electron chi connectivity index (χ2n) is 5.69. The molecule has 0 amide bonds. The van der Waals surface area contributed by atoms with Gasteiger partial charge < -0.3 is 10.4 Å². The van der Waals surface area contributed by atoms with Crippen LogP contribution >= 0.6 is 11.6 Å². The average Bonchev–Trinajstić information content (AvgIpc) is 2.62. The SMILES string of the molecule is O=C1c2cccc(Cl)c2C(=O)c2c(Nc3ccccc3)ccc(O)c21. The Hall–Kier alpha value is -3.11. The number of benzene rings is 3. The summed E-state index contributed by atoms with van der Waals surface area (Å²) < 4.78 is 0. The van der Waals surface area contributed by atoms with Crippen molar-refractivity contribution in [1.82, 2.24) is 0 Å². The minimum Gasteiger partial charge on any atom is -0.507 e. The van der Waals surface area contributed by atoms with Gasteiger partial charge in [0.25, 0.3) is 0 Å². The third-order valence-electron chi connectivity index (χ3n) is 4.18. The maximum atomic E-state index is 13.0. The van der Waals surface area contributed by atoms with Crippen LogP contribution < -0.4 is 5.32 Å². The number of nitrogens with one attached hydrogen (secondary N) is 1. The van der Waals surface area contributed by atoms with Crippen molar-refractivity contribution in [1.29, 1.82) is 0 Å². The molecule has 5 heteroatoms. The molecular weight excluding hydrogens is 338 g/mol. The molecule has 0 bridgehead atoms.